The summed E-state index contributed by atoms with van der Waals surface area (Å²) in [5.41, 5.74) is 0.905. The number of aliphatic hydroxyl groups excluding tert-OH is 2. The highest BCUT2D eigenvalue weighted by Gasteiger charge is 2.45. The topological polar surface area (TPSA) is 179 Å². The van der Waals surface area contributed by atoms with Crippen molar-refractivity contribution in [1.29, 1.82) is 0 Å². The van der Waals surface area contributed by atoms with Gasteiger partial charge < -0.3 is 39.8 Å². The third-order valence-electron chi connectivity index (χ3n) is 6.94. The molecule has 0 aromatic carbocycles. The van der Waals surface area contributed by atoms with E-state index in [1.165, 1.54) is 24.3 Å². The van der Waals surface area contributed by atoms with Crippen molar-refractivity contribution in [2.45, 2.75) is 62.3 Å². The summed E-state index contributed by atoms with van der Waals surface area (Å²) in [7, 11) is 1.31. The average Bonchev–Trinajstić information content (AvgIpc) is 3.67. The fraction of sp³-hybridized carbons (Fsp3) is 0.682. The monoisotopic (exact) mass is 506 g/mol. The largest absolute Gasteiger partial charge is 0.469 e. The number of aromatic nitrogens is 4. The van der Waals surface area contributed by atoms with Crippen molar-refractivity contribution >= 4 is 29.0 Å². The number of amides is 1. The Labute approximate surface area is 206 Å². The van der Waals surface area contributed by atoms with E-state index in [1.54, 1.807) is 0 Å². The summed E-state index contributed by atoms with van der Waals surface area (Å²) in [4.78, 5) is 37.1. The molecule has 1 amide bonds. The van der Waals surface area contributed by atoms with Crippen LogP contribution in [-0.2, 0) is 23.7 Å². The highest BCUT2D eigenvalue weighted by Crippen LogP contribution is 2.33. The van der Waals surface area contributed by atoms with E-state index in [4.69, 9.17) is 18.9 Å². The van der Waals surface area contributed by atoms with E-state index in [2.05, 4.69) is 25.6 Å². The fourth-order valence-electron chi connectivity index (χ4n) is 5.00. The number of fused-ring (bicyclic) bond motifs is 1. The lowest BCUT2D eigenvalue weighted by atomic mass is 10.0. The van der Waals surface area contributed by atoms with Gasteiger partial charge in [0.15, 0.2) is 23.2 Å². The number of hydrogen-bond donors (Lipinski definition) is 4. The van der Waals surface area contributed by atoms with Crippen LogP contribution in [0, 0.1) is 5.92 Å². The lowest BCUT2D eigenvalue weighted by Gasteiger charge is -2.20. The number of ether oxygens (including phenoxy) is 4. The van der Waals surface area contributed by atoms with Gasteiger partial charge in [0.05, 0.1) is 32.0 Å². The van der Waals surface area contributed by atoms with Crippen molar-refractivity contribution in [2.75, 3.05) is 32.2 Å². The van der Waals surface area contributed by atoms with Gasteiger partial charge in [-0.2, -0.15) is 0 Å². The van der Waals surface area contributed by atoms with Crippen LogP contribution in [0.4, 0.5) is 10.6 Å². The Hall–Kier alpha value is -3.07. The molecule has 2 aromatic rings. The van der Waals surface area contributed by atoms with Crippen molar-refractivity contribution in [3.05, 3.63) is 12.7 Å². The molecular weight excluding hydrogens is 476 g/mol. The quantitative estimate of drug-likeness (QED) is 0.361. The highest BCUT2D eigenvalue weighted by atomic mass is 16.6. The molecule has 2 aromatic heterocycles. The fourth-order valence-corrected chi connectivity index (χ4v) is 5.00. The number of aliphatic hydroxyl groups is 2. The first-order chi connectivity index (χ1) is 17.5. The van der Waals surface area contributed by atoms with Crippen molar-refractivity contribution in [1.82, 2.24) is 24.8 Å². The van der Waals surface area contributed by atoms with E-state index >= 15 is 0 Å². The Bertz CT molecular complexity index is 1090. The molecule has 4 unspecified atom stereocenters. The molecule has 4 heterocycles. The van der Waals surface area contributed by atoms with E-state index in [-0.39, 0.29) is 24.7 Å². The predicted molar refractivity (Wildman–Crippen MR) is 122 cm³/mol. The van der Waals surface area contributed by atoms with Gasteiger partial charge in [-0.05, 0) is 19.3 Å². The Morgan fingerprint density at radius 2 is 2.06 bits per heavy atom. The van der Waals surface area contributed by atoms with Crippen molar-refractivity contribution in [3.63, 3.8) is 0 Å². The summed E-state index contributed by atoms with van der Waals surface area (Å²) in [6, 6.07) is -0.267. The molecule has 14 nitrogen and oxygen atoms in total. The van der Waals surface area contributed by atoms with E-state index in [0.717, 1.165) is 12.8 Å². The van der Waals surface area contributed by atoms with Gasteiger partial charge in [-0.1, -0.05) is 6.42 Å². The van der Waals surface area contributed by atoms with Crippen LogP contribution in [0.15, 0.2) is 12.7 Å². The average molecular weight is 507 g/mol. The third-order valence-corrected chi connectivity index (χ3v) is 6.94. The van der Waals surface area contributed by atoms with Gasteiger partial charge >= 0.3 is 12.1 Å². The van der Waals surface area contributed by atoms with E-state index in [0.29, 0.717) is 43.0 Å². The van der Waals surface area contributed by atoms with E-state index < -0.39 is 36.6 Å². The van der Waals surface area contributed by atoms with Gasteiger partial charge in [-0.3, -0.25) is 9.36 Å². The van der Waals surface area contributed by atoms with Crippen molar-refractivity contribution < 1.29 is 38.7 Å². The third kappa shape index (κ3) is 4.81. The lowest BCUT2D eigenvalue weighted by Crippen LogP contribution is -2.42. The van der Waals surface area contributed by atoms with Crippen LogP contribution < -0.4 is 10.6 Å². The van der Waals surface area contributed by atoms with Gasteiger partial charge in [0, 0.05) is 12.6 Å². The van der Waals surface area contributed by atoms with Gasteiger partial charge in [-0.15, -0.1) is 0 Å². The molecule has 3 fully saturated rings. The number of alkyl carbamates (subject to hydrolysis) is 1. The van der Waals surface area contributed by atoms with Crippen LogP contribution in [0.2, 0.25) is 0 Å². The molecule has 196 valence electrons. The Balaban J connectivity index is 1.21. The van der Waals surface area contributed by atoms with Gasteiger partial charge in [0.2, 0.25) is 0 Å². The Morgan fingerprint density at radius 3 is 2.83 bits per heavy atom. The molecule has 5 rings (SSSR count). The van der Waals surface area contributed by atoms with Crippen LogP contribution in [0.5, 0.6) is 0 Å². The lowest BCUT2D eigenvalue weighted by molar-refractivity contribution is -0.145. The standard InChI is InChI=1S/C22H30N6O8/c1-33-21(31)12-3-2-4-13(12)27-22(32)35-8-14-16(29)17(30)20(36-14)28-10-25-15-18(23-9-24-19(15)28)26-11-5-6-34-7-11/h9-14,16-17,20,29-30H,2-8H2,1H3,(H,27,32)(H,23,24,26)/t11-,12?,13?,14?,16-,17-,20?/m1/s1. The second-order valence-corrected chi connectivity index (χ2v) is 9.21. The molecule has 36 heavy (non-hydrogen) atoms. The van der Waals surface area contributed by atoms with Crippen LogP contribution in [-0.4, -0.2) is 99.1 Å². The Morgan fingerprint density at radius 1 is 1.19 bits per heavy atom. The zero-order chi connectivity index (χ0) is 25.2. The summed E-state index contributed by atoms with van der Waals surface area (Å²) in [6.45, 7) is 0.947. The minimum atomic E-state index is -1.32. The number of imidazole rings is 1. The minimum Gasteiger partial charge on any atom is -0.469 e. The summed E-state index contributed by atoms with van der Waals surface area (Å²) in [5, 5.41) is 27.2. The first kappa shape index (κ1) is 24.6. The number of methoxy groups -OCH3 is 1. The van der Waals surface area contributed by atoms with Crippen LogP contribution in [0.3, 0.4) is 0 Å². The van der Waals surface area contributed by atoms with Crippen LogP contribution >= 0.6 is 0 Å². The van der Waals surface area contributed by atoms with Gasteiger partial charge in [-0.25, -0.2) is 19.7 Å². The number of nitrogens with zero attached hydrogens (tertiary/aromatic N) is 4. The summed E-state index contributed by atoms with van der Waals surface area (Å²) < 4.78 is 22.8. The summed E-state index contributed by atoms with van der Waals surface area (Å²) in [5.74, 6) is -0.250. The minimum absolute atomic E-state index is 0.114. The summed E-state index contributed by atoms with van der Waals surface area (Å²) >= 11 is 0. The van der Waals surface area contributed by atoms with Gasteiger partial charge in [0.25, 0.3) is 0 Å². The number of hydrogen-bond acceptors (Lipinski definition) is 12. The second-order valence-electron chi connectivity index (χ2n) is 9.21. The first-order valence-corrected chi connectivity index (χ1v) is 12.0. The number of carbonyl (C=O) groups excluding carboxylic acids is 2. The highest BCUT2D eigenvalue weighted by molar-refractivity contribution is 5.83. The maximum atomic E-state index is 12.3. The first-order valence-electron chi connectivity index (χ1n) is 12.0. The van der Waals surface area contributed by atoms with Crippen molar-refractivity contribution in [2.24, 2.45) is 5.92 Å². The molecule has 2 aliphatic heterocycles. The molecule has 4 N–H and O–H groups in total. The molecule has 0 bridgehead atoms. The van der Waals surface area contributed by atoms with E-state index in [1.807, 2.05) is 0 Å². The van der Waals surface area contributed by atoms with Gasteiger partial charge in [0.1, 0.15) is 31.2 Å². The SMILES string of the molecule is COC(=O)C1CCCC1NC(=O)OCC1OC(n2cnc3c(N[C@@H]4CCOC4)ncnc32)[C@H](O)[C@@H]1O. The molecule has 1 saturated carbocycles. The number of nitrogens with one attached hydrogen (secondary N) is 2. The molecule has 2 saturated heterocycles. The Kier molecular flexibility index (Phi) is 7.18. The molecule has 7 atom stereocenters. The predicted octanol–water partition coefficient (Wildman–Crippen LogP) is -0.286. The molecule has 0 radical (unpaired) electrons. The zero-order valence-corrected chi connectivity index (χ0v) is 19.8. The van der Waals surface area contributed by atoms with Crippen molar-refractivity contribution in [3.8, 4) is 0 Å². The normalized spacial score (nSPS) is 32.0. The number of carbonyl (C=O) groups is 2. The molecule has 14 heteroatoms. The summed E-state index contributed by atoms with van der Waals surface area (Å²) in [6.07, 6.45) is 0.391. The number of esters is 1. The second kappa shape index (κ2) is 10.5. The van der Waals surface area contributed by atoms with E-state index in [9.17, 15) is 19.8 Å². The molecular formula is C22H30N6O8. The maximum absolute atomic E-state index is 12.3. The van der Waals surface area contributed by atoms with Crippen LogP contribution in [0.25, 0.3) is 11.2 Å². The molecule has 3 aliphatic rings. The molecule has 1 aliphatic carbocycles. The smallest absolute Gasteiger partial charge is 0.407 e. The number of rotatable bonds is 7. The molecule has 0 spiro atoms. The maximum Gasteiger partial charge on any atom is 0.407 e. The number of anilines is 1. The van der Waals surface area contributed by atoms with Crippen LogP contribution in [0.1, 0.15) is 31.9 Å². The zero-order valence-electron chi connectivity index (χ0n) is 19.8.